The Morgan fingerprint density at radius 3 is 2.54 bits per heavy atom. The van der Waals surface area contributed by atoms with Crippen molar-refractivity contribution in [2.75, 3.05) is 63.2 Å². The van der Waals surface area contributed by atoms with Gasteiger partial charge in [-0.05, 0) is 37.9 Å². The van der Waals surface area contributed by atoms with Gasteiger partial charge in [-0.15, -0.1) is 0 Å². The van der Waals surface area contributed by atoms with E-state index in [0.717, 1.165) is 35.8 Å². The predicted molar refractivity (Wildman–Crippen MR) is 142 cm³/mol. The fraction of sp³-hybridized carbons (Fsp3) is 0.407. The zero-order chi connectivity index (χ0) is 25.9. The first kappa shape index (κ1) is 24.8. The number of carboxylic acid groups (broad SMARTS) is 1. The molecule has 0 saturated carbocycles. The molecule has 3 aromatic rings. The van der Waals surface area contributed by atoms with E-state index in [1.54, 1.807) is 18.0 Å². The highest BCUT2D eigenvalue weighted by atomic mass is 16.5. The van der Waals surface area contributed by atoms with Gasteiger partial charge < -0.3 is 29.4 Å². The molecule has 10 heteroatoms. The molecule has 0 aliphatic carbocycles. The molecule has 2 amide bonds. The topological polar surface area (TPSA) is 102 Å². The van der Waals surface area contributed by atoms with Gasteiger partial charge in [-0.25, -0.2) is 4.79 Å². The first-order valence-corrected chi connectivity index (χ1v) is 12.6. The smallest absolute Gasteiger partial charge is 0.407 e. The Morgan fingerprint density at radius 2 is 1.81 bits per heavy atom. The first-order chi connectivity index (χ1) is 17.9. The highest BCUT2D eigenvalue weighted by molar-refractivity contribution is 6.09. The van der Waals surface area contributed by atoms with Crippen molar-refractivity contribution in [3.05, 3.63) is 54.2 Å². The van der Waals surface area contributed by atoms with Crippen LogP contribution in [0.4, 0.5) is 16.3 Å². The summed E-state index contributed by atoms with van der Waals surface area (Å²) in [5, 5.41) is 11.3. The summed E-state index contributed by atoms with van der Waals surface area (Å²) in [6.07, 6.45) is 1.24. The molecule has 5 rings (SSSR count). The van der Waals surface area contributed by atoms with Crippen LogP contribution >= 0.6 is 0 Å². The van der Waals surface area contributed by atoms with E-state index in [-0.39, 0.29) is 23.7 Å². The largest absolute Gasteiger partial charge is 0.465 e. The molecule has 0 radical (unpaired) electrons. The molecule has 37 heavy (non-hydrogen) atoms. The lowest BCUT2D eigenvalue weighted by molar-refractivity contribution is 0.0986. The van der Waals surface area contributed by atoms with Crippen LogP contribution < -0.4 is 14.5 Å². The number of likely N-dealkylation sites (N-methyl/N-ethyl adjacent to an activating group) is 1. The van der Waals surface area contributed by atoms with Crippen molar-refractivity contribution in [2.24, 2.45) is 0 Å². The van der Waals surface area contributed by atoms with E-state index in [4.69, 9.17) is 4.74 Å². The average molecular weight is 505 g/mol. The molecule has 1 atom stereocenters. The van der Waals surface area contributed by atoms with Gasteiger partial charge in [0.1, 0.15) is 18.1 Å². The van der Waals surface area contributed by atoms with Crippen LogP contribution in [0.15, 0.2) is 48.5 Å². The van der Waals surface area contributed by atoms with Crippen molar-refractivity contribution in [1.29, 1.82) is 0 Å². The fourth-order valence-electron chi connectivity index (χ4n) is 5.02. The number of carbonyl (C=O) groups excluding carboxylic acids is 1. The van der Waals surface area contributed by atoms with Crippen molar-refractivity contribution in [3.8, 4) is 6.01 Å². The second kappa shape index (κ2) is 10.6. The van der Waals surface area contributed by atoms with Gasteiger partial charge in [-0.3, -0.25) is 4.79 Å². The Morgan fingerprint density at radius 1 is 1.05 bits per heavy atom. The van der Waals surface area contributed by atoms with Crippen LogP contribution in [0.1, 0.15) is 23.3 Å². The summed E-state index contributed by atoms with van der Waals surface area (Å²) in [5.41, 5.74) is 1.02. The van der Waals surface area contributed by atoms with Crippen LogP contribution in [-0.2, 0) is 0 Å². The monoisotopic (exact) mass is 504 g/mol. The number of fused-ring (bicyclic) bond motifs is 1. The van der Waals surface area contributed by atoms with E-state index >= 15 is 0 Å². The molecule has 3 heterocycles. The molecule has 194 valence electrons. The number of likely N-dealkylation sites (tertiary alicyclic amines) is 1. The molecule has 1 aromatic heterocycles. The summed E-state index contributed by atoms with van der Waals surface area (Å²) < 4.78 is 6.03. The summed E-state index contributed by atoms with van der Waals surface area (Å²) in [7, 11) is 3.82. The van der Waals surface area contributed by atoms with Crippen LogP contribution in [0, 0.1) is 0 Å². The highest BCUT2D eigenvalue weighted by Gasteiger charge is 2.26. The number of carbonyl (C=O) groups is 2. The first-order valence-electron chi connectivity index (χ1n) is 12.6. The number of benzene rings is 2. The number of amides is 2. The van der Waals surface area contributed by atoms with Gasteiger partial charge in [0.05, 0.1) is 5.69 Å². The molecule has 2 saturated heterocycles. The molecular weight excluding hydrogens is 472 g/mol. The number of aromatic nitrogens is 2. The number of hydrogen-bond donors (Lipinski definition) is 1. The van der Waals surface area contributed by atoms with E-state index < -0.39 is 6.09 Å². The minimum absolute atomic E-state index is 0.160. The van der Waals surface area contributed by atoms with Crippen molar-refractivity contribution in [1.82, 2.24) is 19.8 Å². The maximum Gasteiger partial charge on any atom is 0.407 e. The van der Waals surface area contributed by atoms with E-state index in [0.29, 0.717) is 38.6 Å². The second-order valence-corrected chi connectivity index (χ2v) is 9.60. The molecule has 0 bridgehead atoms. The molecule has 2 fully saturated rings. The number of ether oxygens (including phenoxy) is 1. The molecular formula is C27H32N6O4. The maximum atomic E-state index is 13.7. The number of nitrogens with zero attached hydrogens (tertiary/aromatic N) is 6. The number of piperazine rings is 1. The quantitative estimate of drug-likeness (QED) is 0.546. The fourth-order valence-corrected chi connectivity index (χ4v) is 5.02. The standard InChI is InChI=1S/C27H32N6O4/c1-30-12-6-9-20(30)18-37-26-28-22(17-24(29-26)32-13-15-33(16-14-32)27(35)36)25(34)31(2)23-11-5-8-19-7-3-4-10-21(19)23/h3-5,7-8,10-11,17,20H,6,9,12-16,18H2,1-2H3,(H,35,36)/t20-/m0/s1. The summed E-state index contributed by atoms with van der Waals surface area (Å²) in [6.45, 7) is 3.15. The third-order valence-electron chi connectivity index (χ3n) is 7.29. The lowest BCUT2D eigenvalue weighted by Gasteiger charge is -2.34. The van der Waals surface area contributed by atoms with E-state index in [2.05, 4.69) is 21.9 Å². The third-order valence-corrected chi connectivity index (χ3v) is 7.29. The summed E-state index contributed by atoms with van der Waals surface area (Å²) in [4.78, 5) is 41.4. The van der Waals surface area contributed by atoms with Gasteiger partial charge in [0, 0.05) is 50.7 Å². The SMILES string of the molecule is CN(C(=O)c1cc(N2CCN(C(=O)O)CC2)nc(OC[C@@H]2CCCN2C)n1)c1cccc2ccccc12. The Bertz CT molecular complexity index is 1290. The molecule has 0 unspecified atom stereocenters. The second-order valence-electron chi connectivity index (χ2n) is 9.60. The maximum absolute atomic E-state index is 13.7. The van der Waals surface area contributed by atoms with Gasteiger partial charge in [-0.1, -0.05) is 36.4 Å². The van der Waals surface area contributed by atoms with Gasteiger partial charge in [0.15, 0.2) is 0 Å². The predicted octanol–water partition coefficient (Wildman–Crippen LogP) is 3.18. The lowest BCUT2D eigenvalue weighted by Crippen LogP contribution is -2.48. The Kier molecular flexibility index (Phi) is 7.09. The van der Waals surface area contributed by atoms with E-state index in [9.17, 15) is 14.7 Å². The zero-order valence-electron chi connectivity index (χ0n) is 21.2. The molecule has 2 aliphatic rings. The summed E-state index contributed by atoms with van der Waals surface area (Å²) in [5.74, 6) is 0.288. The third kappa shape index (κ3) is 5.29. The van der Waals surface area contributed by atoms with Crippen molar-refractivity contribution >= 4 is 34.3 Å². The minimum atomic E-state index is -0.931. The Balaban J connectivity index is 1.43. The molecule has 10 nitrogen and oxygen atoms in total. The Labute approximate surface area is 216 Å². The molecule has 2 aliphatic heterocycles. The normalized spacial score (nSPS) is 18.3. The average Bonchev–Trinajstić information content (AvgIpc) is 3.35. The van der Waals surface area contributed by atoms with E-state index in [1.807, 2.05) is 47.4 Å². The van der Waals surface area contributed by atoms with Crippen LogP contribution in [0.25, 0.3) is 10.8 Å². The highest BCUT2D eigenvalue weighted by Crippen LogP contribution is 2.28. The van der Waals surface area contributed by atoms with Crippen molar-refractivity contribution in [3.63, 3.8) is 0 Å². The number of rotatable bonds is 6. The minimum Gasteiger partial charge on any atom is -0.465 e. The van der Waals surface area contributed by atoms with Crippen LogP contribution in [0.5, 0.6) is 6.01 Å². The van der Waals surface area contributed by atoms with Gasteiger partial charge in [-0.2, -0.15) is 9.97 Å². The van der Waals surface area contributed by atoms with Gasteiger partial charge in [0.2, 0.25) is 0 Å². The van der Waals surface area contributed by atoms with Crippen LogP contribution in [0.3, 0.4) is 0 Å². The van der Waals surface area contributed by atoms with Crippen LogP contribution in [0.2, 0.25) is 0 Å². The summed E-state index contributed by atoms with van der Waals surface area (Å²) in [6, 6.07) is 15.9. The molecule has 1 N–H and O–H groups in total. The number of hydrogen-bond acceptors (Lipinski definition) is 7. The van der Waals surface area contributed by atoms with Crippen molar-refractivity contribution in [2.45, 2.75) is 18.9 Å². The lowest BCUT2D eigenvalue weighted by atomic mass is 10.1. The Hall–Kier alpha value is -3.92. The molecule has 0 spiro atoms. The molecule has 2 aromatic carbocycles. The van der Waals surface area contributed by atoms with Gasteiger partial charge >= 0.3 is 12.1 Å². The zero-order valence-corrected chi connectivity index (χ0v) is 21.2. The van der Waals surface area contributed by atoms with Crippen molar-refractivity contribution < 1.29 is 19.4 Å². The summed E-state index contributed by atoms with van der Waals surface area (Å²) >= 11 is 0. The van der Waals surface area contributed by atoms with Crippen LogP contribution in [-0.4, -0.2) is 96.3 Å². The van der Waals surface area contributed by atoms with Gasteiger partial charge in [0.25, 0.3) is 5.91 Å². The van der Waals surface area contributed by atoms with E-state index in [1.165, 1.54) is 4.90 Å². The number of anilines is 2.